The van der Waals surface area contributed by atoms with Crippen LogP contribution in [0.5, 0.6) is 0 Å². The van der Waals surface area contributed by atoms with E-state index in [1.165, 1.54) is 0 Å². The van der Waals surface area contributed by atoms with Crippen LogP contribution in [0.15, 0.2) is 29.2 Å². The van der Waals surface area contributed by atoms with Crippen molar-refractivity contribution in [3.05, 3.63) is 29.8 Å². The molecule has 0 radical (unpaired) electrons. The molecule has 0 saturated heterocycles. The largest absolute Gasteiger partial charge is 0.240 e. The smallest absolute Gasteiger partial charge is 0.208 e. The molecule has 3 nitrogen and oxygen atoms in total. The summed E-state index contributed by atoms with van der Waals surface area (Å²) < 4.78 is 26.9. The number of hydrogen-bond donors (Lipinski definition) is 1. The third-order valence-electron chi connectivity index (χ3n) is 3.29. The van der Waals surface area contributed by atoms with E-state index >= 15 is 0 Å². The molecule has 0 aromatic heterocycles. The normalized spacial score (nSPS) is 17.7. The number of benzene rings is 1. The van der Waals surface area contributed by atoms with Gasteiger partial charge in [-0.3, -0.25) is 0 Å². The first-order chi connectivity index (χ1) is 8.53. The molecule has 0 aliphatic heterocycles. The van der Waals surface area contributed by atoms with Crippen molar-refractivity contribution < 1.29 is 8.42 Å². The molecule has 0 amide bonds. The van der Waals surface area contributed by atoms with Crippen LogP contribution in [0.2, 0.25) is 0 Å². The Morgan fingerprint density at radius 3 is 2.44 bits per heavy atom. The van der Waals surface area contributed by atoms with Crippen LogP contribution in [-0.2, 0) is 16.4 Å². The lowest BCUT2D eigenvalue weighted by atomic mass is 10.2. The van der Waals surface area contributed by atoms with Crippen molar-refractivity contribution >= 4 is 21.6 Å². The van der Waals surface area contributed by atoms with Gasteiger partial charge < -0.3 is 0 Å². The zero-order chi connectivity index (χ0) is 13.2. The van der Waals surface area contributed by atoms with Crippen LogP contribution in [-0.4, -0.2) is 20.3 Å². The summed E-state index contributed by atoms with van der Waals surface area (Å²) in [5, 5.41) is 0. The SMILES string of the molecule is CC(NS(=O)(=O)c1ccc(CCCl)cc1)C1CC1. The van der Waals surface area contributed by atoms with Gasteiger partial charge in [-0.25, -0.2) is 13.1 Å². The van der Waals surface area contributed by atoms with Crippen molar-refractivity contribution in [2.24, 2.45) is 5.92 Å². The number of aryl methyl sites for hydroxylation is 1. The Morgan fingerprint density at radius 2 is 1.94 bits per heavy atom. The van der Waals surface area contributed by atoms with Crippen molar-refractivity contribution in [2.45, 2.75) is 37.1 Å². The maximum Gasteiger partial charge on any atom is 0.240 e. The Kier molecular flexibility index (Phi) is 4.30. The Labute approximate surface area is 114 Å². The number of sulfonamides is 1. The molecule has 2 rings (SSSR count). The van der Waals surface area contributed by atoms with Gasteiger partial charge in [-0.05, 0) is 49.8 Å². The number of halogens is 1. The molecule has 1 N–H and O–H groups in total. The van der Waals surface area contributed by atoms with Gasteiger partial charge >= 0.3 is 0 Å². The molecular formula is C13H18ClNO2S. The van der Waals surface area contributed by atoms with E-state index in [4.69, 9.17) is 11.6 Å². The summed E-state index contributed by atoms with van der Waals surface area (Å²) in [6, 6.07) is 6.95. The standard InChI is InChI=1S/C13H18ClNO2S/c1-10(12-4-5-12)15-18(16,17)13-6-2-11(3-7-13)8-9-14/h2-3,6-7,10,12,15H,4-5,8-9H2,1H3. The average Bonchev–Trinajstić information content (AvgIpc) is 3.13. The van der Waals surface area contributed by atoms with Gasteiger partial charge in [0.25, 0.3) is 0 Å². The molecule has 18 heavy (non-hydrogen) atoms. The molecule has 100 valence electrons. The minimum Gasteiger partial charge on any atom is -0.208 e. The van der Waals surface area contributed by atoms with Gasteiger partial charge in [-0.1, -0.05) is 12.1 Å². The van der Waals surface area contributed by atoms with E-state index in [9.17, 15) is 8.42 Å². The molecule has 1 aliphatic carbocycles. The van der Waals surface area contributed by atoms with E-state index in [0.29, 0.717) is 16.7 Å². The van der Waals surface area contributed by atoms with Crippen LogP contribution in [0.1, 0.15) is 25.3 Å². The van der Waals surface area contributed by atoms with Crippen LogP contribution in [0, 0.1) is 5.92 Å². The molecule has 1 unspecified atom stereocenters. The molecule has 1 atom stereocenters. The summed E-state index contributed by atoms with van der Waals surface area (Å²) in [5.41, 5.74) is 1.05. The van der Waals surface area contributed by atoms with Crippen molar-refractivity contribution in [1.82, 2.24) is 4.72 Å². The summed E-state index contributed by atoms with van der Waals surface area (Å²) in [7, 11) is -3.38. The minimum atomic E-state index is -3.38. The molecule has 1 aromatic rings. The zero-order valence-corrected chi connectivity index (χ0v) is 12.0. The van der Waals surface area contributed by atoms with Crippen LogP contribution in [0.4, 0.5) is 0 Å². The minimum absolute atomic E-state index is 0.0255. The fourth-order valence-corrected chi connectivity index (χ4v) is 3.48. The van der Waals surface area contributed by atoms with Crippen molar-refractivity contribution in [3.63, 3.8) is 0 Å². The first-order valence-corrected chi connectivity index (χ1v) is 8.22. The monoisotopic (exact) mass is 287 g/mol. The van der Waals surface area contributed by atoms with E-state index in [1.807, 2.05) is 19.1 Å². The fourth-order valence-electron chi connectivity index (χ4n) is 1.95. The van der Waals surface area contributed by atoms with E-state index in [-0.39, 0.29) is 6.04 Å². The molecule has 5 heteroatoms. The van der Waals surface area contributed by atoms with Crippen LogP contribution in [0.3, 0.4) is 0 Å². The molecule has 1 aromatic carbocycles. The molecule has 1 saturated carbocycles. The van der Waals surface area contributed by atoms with Gasteiger partial charge in [0.1, 0.15) is 0 Å². The van der Waals surface area contributed by atoms with Crippen LogP contribution in [0.25, 0.3) is 0 Å². The number of hydrogen-bond acceptors (Lipinski definition) is 2. The van der Waals surface area contributed by atoms with Gasteiger partial charge in [0.15, 0.2) is 0 Å². The predicted octanol–water partition coefficient (Wildman–Crippen LogP) is 2.54. The molecule has 1 aliphatic rings. The zero-order valence-electron chi connectivity index (χ0n) is 10.4. The Hall–Kier alpha value is -0.580. The highest BCUT2D eigenvalue weighted by atomic mass is 35.5. The lowest BCUT2D eigenvalue weighted by molar-refractivity contribution is 0.538. The first-order valence-electron chi connectivity index (χ1n) is 6.20. The van der Waals surface area contributed by atoms with Gasteiger partial charge in [0, 0.05) is 11.9 Å². The van der Waals surface area contributed by atoms with E-state index in [1.54, 1.807) is 12.1 Å². The highest BCUT2D eigenvalue weighted by Crippen LogP contribution is 2.33. The summed E-state index contributed by atoms with van der Waals surface area (Å²) in [5.74, 6) is 1.05. The van der Waals surface area contributed by atoms with Gasteiger partial charge in [0.05, 0.1) is 4.90 Å². The average molecular weight is 288 g/mol. The second-order valence-corrected chi connectivity index (χ2v) is 6.92. The van der Waals surface area contributed by atoms with Gasteiger partial charge in [0.2, 0.25) is 10.0 Å². The number of nitrogens with one attached hydrogen (secondary N) is 1. The van der Waals surface area contributed by atoms with Crippen LogP contribution >= 0.6 is 11.6 Å². The third kappa shape index (κ3) is 3.46. The maximum atomic E-state index is 12.1. The molecular weight excluding hydrogens is 270 g/mol. The van der Waals surface area contributed by atoms with Gasteiger partial charge in [-0.15, -0.1) is 11.6 Å². The lowest BCUT2D eigenvalue weighted by Gasteiger charge is -2.13. The predicted molar refractivity (Wildman–Crippen MR) is 73.4 cm³/mol. The maximum absolute atomic E-state index is 12.1. The van der Waals surface area contributed by atoms with E-state index in [2.05, 4.69) is 4.72 Å². The van der Waals surface area contributed by atoms with E-state index < -0.39 is 10.0 Å². The Balaban J connectivity index is 2.08. The number of rotatable bonds is 6. The van der Waals surface area contributed by atoms with Gasteiger partial charge in [-0.2, -0.15) is 0 Å². The van der Waals surface area contributed by atoms with Crippen molar-refractivity contribution in [2.75, 3.05) is 5.88 Å². The van der Waals surface area contributed by atoms with Crippen molar-refractivity contribution in [3.8, 4) is 0 Å². The Morgan fingerprint density at radius 1 is 1.33 bits per heavy atom. The molecule has 0 spiro atoms. The first kappa shape index (κ1) is 13.8. The van der Waals surface area contributed by atoms with Crippen LogP contribution < -0.4 is 4.72 Å². The highest BCUT2D eigenvalue weighted by molar-refractivity contribution is 7.89. The quantitative estimate of drug-likeness (QED) is 0.817. The highest BCUT2D eigenvalue weighted by Gasteiger charge is 2.31. The summed E-state index contributed by atoms with van der Waals surface area (Å²) in [4.78, 5) is 0.327. The molecule has 0 heterocycles. The Bertz CT molecular complexity index is 494. The van der Waals surface area contributed by atoms with E-state index in [0.717, 1.165) is 24.8 Å². The fraction of sp³-hybridized carbons (Fsp3) is 0.538. The summed E-state index contributed by atoms with van der Waals surface area (Å²) in [6.45, 7) is 1.93. The third-order valence-corrected chi connectivity index (χ3v) is 5.05. The second kappa shape index (κ2) is 5.59. The second-order valence-electron chi connectivity index (χ2n) is 4.83. The molecule has 0 bridgehead atoms. The summed E-state index contributed by atoms with van der Waals surface area (Å²) in [6.07, 6.45) is 3.00. The topological polar surface area (TPSA) is 46.2 Å². The summed E-state index contributed by atoms with van der Waals surface area (Å²) >= 11 is 5.65. The van der Waals surface area contributed by atoms with Crippen molar-refractivity contribution in [1.29, 1.82) is 0 Å². The lowest BCUT2D eigenvalue weighted by Crippen LogP contribution is -2.33. The number of alkyl halides is 1. The molecule has 1 fully saturated rings.